The molecule has 1 aromatic carbocycles. The Morgan fingerprint density at radius 1 is 1.30 bits per heavy atom. The summed E-state index contributed by atoms with van der Waals surface area (Å²) in [5.74, 6) is -0.285. The van der Waals surface area contributed by atoms with Gasteiger partial charge in [0.2, 0.25) is 15.9 Å². The molecule has 0 unspecified atom stereocenters. The summed E-state index contributed by atoms with van der Waals surface area (Å²) < 4.78 is 21.7. The van der Waals surface area contributed by atoms with Crippen molar-refractivity contribution in [3.05, 3.63) is 30.3 Å². The number of carbonyl (C=O) groups excluding carboxylic acids is 1. The van der Waals surface area contributed by atoms with Crippen molar-refractivity contribution in [3.8, 4) is 0 Å². The van der Waals surface area contributed by atoms with Gasteiger partial charge in [0.15, 0.2) is 0 Å². The summed E-state index contributed by atoms with van der Waals surface area (Å²) in [6.45, 7) is 3.95. The highest BCUT2D eigenvalue weighted by Gasteiger charge is 2.23. The number of nitrogens with one attached hydrogen (secondary N) is 1. The van der Waals surface area contributed by atoms with Gasteiger partial charge in [0.25, 0.3) is 0 Å². The molecule has 5 nitrogen and oxygen atoms in total. The monoisotopic (exact) mass is 316 g/mol. The average Bonchev–Trinajstić information content (AvgIpc) is 2.35. The summed E-state index contributed by atoms with van der Waals surface area (Å²) >= 11 is 1.47. The summed E-state index contributed by atoms with van der Waals surface area (Å²) in [5.41, 5.74) is 0. The van der Waals surface area contributed by atoms with Gasteiger partial charge in [-0.05, 0) is 18.1 Å². The van der Waals surface area contributed by atoms with Crippen molar-refractivity contribution in [3.63, 3.8) is 0 Å². The van der Waals surface area contributed by atoms with E-state index in [4.69, 9.17) is 5.14 Å². The van der Waals surface area contributed by atoms with E-state index in [-0.39, 0.29) is 29.4 Å². The number of benzene rings is 1. The second-order valence-electron chi connectivity index (χ2n) is 4.75. The van der Waals surface area contributed by atoms with Crippen LogP contribution < -0.4 is 10.5 Å². The molecule has 3 N–H and O–H groups in total. The molecule has 0 saturated carbocycles. The zero-order valence-corrected chi connectivity index (χ0v) is 13.2. The van der Waals surface area contributed by atoms with Crippen LogP contribution in [0.2, 0.25) is 0 Å². The maximum atomic E-state index is 12.1. The molecule has 1 aromatic rings. The molecule has 0 saturated heterocycles. The molecular weight excluding hydrogens is 296 g/mol. The van der Waals surface area contributed by atoms with Crippen LogP contribution in [0.5, 0.6) is 0 Å². The minimum atomic E-state index is -3.55. The smallest absolute Gasteiger partial charge is 0.233 e. The molecule has 20 heavy (non-hydrogen) atoms. The molecule has 0 heterocycles. The summed E-state index contributed by atoms with van der Waals surface area (Å²) in [6.07, 6.45) is 0. The fourth-order valence-corrected chi connectivity index (χ4v) is 3.01. The number of amides is 1. The molecule has 0 fully saturated rings. The SMILES string of the molecule is CC(C)[C@H](Sc1ccccc1)C(=O)NCCS(N)(=O)=O. The lowest BCUT2D eigenvalue weighted by molar-refractivity contribution is -0.121. The van der Waals surface area contributed by atoms with Crippen LogP contribution in [0.3, 0.4) is 0 Å². The van der Waals surface area contributed by atoms with Crippen molar-refractivity contribution in [1.29, 1.82) is 0 Å². The third-order valence-electron chi connectivity index (χ3n) is 2.56. The minimum absolute atomic E-state index is 0.0379. The van der Waals surface area contributed by atoms with Gasteiger partial charge < -0.3 is 5.32 Å². The van der Waals surface area contributed by atoms with E-state index in [2.05, 4.69) is 5.32 Å². The van der Waals surface area contributed by atoms with Gasteiger partial charge in [-0.15, -0.1) is 11.8 Å². The third kappa shape index (κ3) is 6.40. The van der Waals surface area contributed by atoms with E-state index in [0.29, 0.717) is 0 Å². The summed E-state index contributed by atoms with van der Waals surface area (Å²) in [4.78, 5) is 13.1. The number of thioether (sulfide) groups is 1. The van der Waals surface area contributed by atoms with E-state index < -0.39 is 10.0 Å². The Bertz CT molecular complexity index is 530. The first kappa shape index (κ1) is 17.0. The van der Waals surface area contributed by atoms with Gasteiger partial charge in [0.1, 0.15) is 0 Å². The number of nitrogens with two attached hydrogens (primary N) is 1. The standard InChI is InChI=1S/C13H20N2O3S2/c1-10(2)12(19-11-6-4-3-5-7-11)13(16)15-8-9-20(14,17)18/h3-7,10,12H,8-9H2,1-2H3,(H,15,16)(H2,14,17,18)/t12-/m0/s1. The van der Waals surface area contributed by atoms with E-state index in [0.717, 1.165) is 4.90 Å². The van der Waals surface area contributed by atoms with Crippen molar-refractivity contribution in [2.45, 2.75) is 24.0 Å². The summed E-state index contributed by atoms with van der Waals surface area (Å²) in [5, 5.41) is 7.25. The van der Waals surface area contributed by atoms with E-state index in [1.807, 2.05) is 44.2 Å². The topological polar surface area (TPSA) is 89.3 Å². The molecule has 1 amide bonds. The highest BCUT2D eigenvalue weighted by molar-refractivity contribution is 8.00. The molecule has 0 spiro atoms. The van der Waals surface area contributed by atoms with Crippen molar-refractivity contribution in [2.24, 2.45) is 11.1 Å². The minimum Gasteiger partial charge on any atom is -0.354 e. The quantitative estimate of drug-likeness (QED) is 0.740. The number of rotatable bonds is 7. The Labute approximate surface area is 124 Å². The van der Waals surface area contributed by atoms with E-state index in [1.165, 1.54) is 11.8 Å². The third-order valence-corrected chi connectivity index (χ3v) is 4.89. The second kappa shape index (κ2) is 7.66. The van der Waals surface area contributed by atoms with Gasteiger partial charge in [-0.25, -0.2) is 13.6 Å². The second-order valence-corrected chi connectivity index (χ2v) is 7.70. The number of hydrogen-bond acceptors (Lipinski definition) is 4. The van der Waals surface area contributed by atoms with Crippen LogP contribution in [-0.4, -0.2) is 31.9 Å². The Morgan fingerprint density at radius 3 is 2.40 bits per heavy atom. The van der Waals surface area contributed by atoms with E-state index in [9.17, 15) is 13.2 Å². The molecule has 1 rings (SSSR count). The highest BCUT2D eigenvalue weighted by atomic mass is 32.2. The Morgan fingerprint density at radius 2 is 1.90 bits per heavy atom. The van der Waals surface area contributed by atoms with Gasteiger partial charge >= 0.3 is 0 Å². The van der Waals surface area contributed by atoms with E-state index in [1.54, 1.807) is 0 Å². The van der Waals surface area contributed by atoms with Crippen LogP contribution in [0.1, 0.15) is 13.8 Å². The van der Waals surface area contributed by atoms with Crippen molar-refractivity contribution in [2.75, 3.05) is 12.3 Å². The van der Waals surface area contributed by atoms with Crippen LogP contribution in [0.25, 0.3) is 0 Å². The predicted octanol–water partition coefficient (Wildman–Crippen LogP) is 1.21. The molecule has 0 bridgehead atoms. The van der Waals surface area contributed by atoms with Gasteiger partial charge in [-0.3, -0.25) is 4.79 Å². The molecule has 0 aliphatic rings. The van der Waals surface area contributed by atoms with Crippen LogP contribution in [0, 0.1) is 5.92 Å². The fraction of sp³-hybridized carbons (Fsp3) is 0.462. The first-order valence-corrected chi connectivity index (χ1v) is 8.89. The van der Waals surface area contributed by atoms with Crippen LogP contribution in [0.15, 0.2) is 35.2 Å². The Hall–Kier alpha value is -1.05. The van der Waals surface area contributed by atoms with Gasteiger partial charge in [0, 0.05) is 11.4 Å². The van der Waals surface area contributed by atoms with Crippen LogP contribution in [0.4, 0.5) is 0 Å². The van der Waals surface area contributed by atoms with Crippen LogP contribution >= 0.6 is 11.8 Å². The Kier molecular flexibility index (Phi) is 6.51. The molecule has 0 radical (unpaired) electrons. The van der Waals surface area contributed by atoms with Crippen LogP contribution in [-0.2, 0) is 14.8 Å². The molecule has 112 valence electrons. The van der Waals surface area contributed by atoms with Gasteiger partial charge in [-0.2, -0.15) is 0 Å². The van der Waals surface area contributed by atoms with Crippen molar-refractivity contribution >= 4 is 27.7 Å². The number of carbonyl (C=O) groups is 1. The van der Waals surface area contributed by atoms with Gasteiger partial charge in [0.05, 0.1) is 11.0 Å². The first-order valence-electron chi connectivity index (χ1n) is 6.29. The zero-order valence-electron chi connectivity index (χ0n) is 11.6. The maximum Gasteiger partial charge on any atom is 0.233 e. The largest absolute Gasteiger partial charge is 0.354 e. The average molecular weight is 316 g/mol. The Balaban J connectivity index is 2.60. The maximum absolute atomic E-state index is 12.1. The normalized spacial score (nSPS) is 13.2. The molecule has 0 aromatic heterocycles. The molecule has 1 atom stereocenters. The first-order chi connectivity index (χ1) is 9.29. The fourth-order valence-electron chi connectivity index (χ4n) is 1.56. The molecule has 0 aliphatic heterocycles. The van der Waals surface area contributed by atoms with Gasteiger partial charge in [-0.1, -0.05) is 32.0 Å². The number of primary sulfonamides is 1. The zero-order chi connectivity index (χ0) is 15.2. The lowest BCUT2D eigenvalue weighted by Gasteiger charge is -2.19. The number of sulfonamides is 1. The molecule has 7 heteroatoms. The molecular formula is C13H20N2O3S2. The lowest BCUT2D eigenvalue weighted by Crippen LogP contribution is -2.39. The summed E-state index contributed by atoms with van der Waals surface area (Å²) in [7, 11) is -3.55. The summed E-state index contributed by atoms with van der Waals surface area (Å²) in [6, 6.07) is 9.63. The highest BCUT2D eigenvalue weighted by Crippen LogP contribution is 2.27. The van der Waals surface area contributed by atoms with Crippen molar-refractivity contribution in [1.82, 2.24) is 5.32 Å². The predicted molar refractivity (Wildman–Crippen MR) is 81.9 cm³/mol. The van der Waals surface area contributed by atoms with Crippen molar-refractivity contribution < 1.29 is 13.2 Å². The lowest BCUT2D eigenvalue weighted by atomic mass is 10.1. The number of hydrogen-bond donors (Lipinski definition) is 2. The molecule has 0 aliphatic carbocycles. The van der Waals surface area contributed by atoms with E-state index >= 15 is 0 Å².